The molecule has 4 rings (SSSR count). The summed E-state index contributed by atoms with van der Waals surface area (Å²) in [5.74, 6) is 2.24. The Hall–Kier alpha value is -1.85. The lowest BCUT2D eigenvalue weighted by Crippen LogP contribution is -2.54. The van der Waals surface area contributed by atoms with E-state index in [2.05, 4.69) is 47.6 Å². The summed E-state index contributed by atoms with van der Waals surface area (Å²) < 4.78 is 17.6. The summed E-state index contributed by atoms with van der Waals surface area (Å²) in [6.07, 6.45) is 10.1. The van der Waals surface area contributed by atoms with Gasteiger partial charge in [0.1, 0.15) is 18.3 Å². The van der Waals surface area contributed by atoms with Crippen molar-refractivity contribution in [2.24, 2.45) is 52.3 Å². The molecule has 0 saturated heterocycles. The fourth-order valence-corrected chi connectivity index (χ4v) is 9.68. The smallest absolute Gasteiger partial charge is 0.303 e. The van der Waals surface area contributed by atoms with E-state index in [1.807, 2.05) is 0 Å². The van der Waals surface area contributed by atoms with E-state index in [9.17, 15) is 14.4 Å². The molecule has 226 valence electrons. The van der Waals surface area contributed by atoms with Gasteiger partial charge in [-0.2, -0.15) is 0 Å². The van der Waals surface area contributed by atoms with Gasteiger partial charge in [0, 0.05) is 26.7 Å². The van der Waals surface area contributed by atoms with E-state index >= 15 is 0 Å². The fourth-order valence-electron chi connectivity index (χ4n) is 9.68. The van der Waals surface area contributed by atoms with Gasteiger partial charge in [-0.3, -0.25) is 14.4 Å². The minimum Gasteiger partial charge on any atom is -0.463 e. The van der Waals surface area contributed by atoms with Gasteiger partial charge in [0.05, 0.1) is 0 Å². The zero-order valence-corrected chi connectivity index (χ0v) is 26.5. The molecule has 0 heterocycles. The van der Waals surface area contributed by atoms with Gasteiger partial charge in [-0.1, -0.05) is 47.1 Å². The molecule has 0 radical (unpaired) electrons. The first kappa shape index (κ1) is 31.1. The second kappa shape index (κ2) is 11.8. The van der Waals surface area contributed by atoms with Crippen LogP contribution in [-0.2, 0) is 28.6 Å². The highest BCUT2D eigenvalue weighted by Gasteiger charge is 2.60. The molecule has 0 aliphatic heterocycles. The summed E-state index contributed by atoms with van der Waals surface area (Å²) in [6, 6.07) is 0. The van der Waals surface area contributed by atoms with Crippen LogP contribution in [0.3, 0.4) is 0 Å². The molecule has 0 spiro atoms. The van der Waals surface area contributed by atoms with Crippen LogP contribution < -0.4 is 0 Å². The third kappa shape index (κ3) is 5.88. The number of ether oxygens (including phenoxy) is 3. The van der Waals surface area contributed by atoms with Crippen LogP contribution in [0.5, 0.6) is 0 Å². The molecular formula is C34H54O6. The van der Waals surface area contributed by atoms with E-state index < -0.39 is 0 Å². The Morgan fingerprint density at radius 1 is 0.850 bits per heavy atom. The summed E-state index contributed by atoms with van der Waals surface area (Å²) in [5.41, 5.74) is 1.73. The van der Waals surface area contributed by atoms with Crippen molar-refractivity contribution < 1.29 is 28.6 Å². The molecule has 3 saturated carbocycles. The summed E-state index contributed by atoms with van der Waals surface area (Å²) in [5, 5.41) is 0. The van der Waals surface area contributed by atoms with Crippen molar-refractivity contribution in [1.82, 2.24) is 0 Å². The fraction of sp³-hybridized carbons (Fsp3) is 0.853. The van der Waals surface area contributed by atoms with Gasteiger partial charge in [0.15, 0.2) is 0 Å². The monoisotopic (exact) mass is 558 g/mol. The number of allylic oxidation sites excluding steroid dienone is 1. The van der Waals surface area contributed by atoms with Gasteiger partial charge in [-0.25, -0.2) is 0 Å². The van der Waals surface area contributed by atoms with Crippen LogP contribution in [0.25, 0.3) is 0 Å². The van der Waals surface area contributed by atoms with Crippen LogP contribution >= 0.6 is 0 Å². The van der Waals surface area contributed by atoms with Crippen LogP contribution in [0.15, 0.2) is 11.6 Å². The molecule has 0 aromatic heterocycles. The van der Waals surface area contributed by atoms with Gasteiger partial charge in [0.2, 0.25) is 0 Å². The second-order valence-electron chi connectivity index (χ2n) is 14.7. The molecule has 0 unspecified atom stereocenters. The van der Waals surface area contributed by atoms with Crippen molar-refractivity contribution in [2.75, 3.05) is 0 Å². The number of fused-ring (bicyclic) bond motifs is 5. The Morgan fingerprint density at radius 3 is 2.08 bits per heavy atom. The highest BCUT2D eigenvalue weighted by molar-refractivity contribution is 5.67. The van der Waals surface area contributed by atoms with Crippen LogP contribution in [0.2, 0.25) is 0 Å². The van der Waals surface area contributed by atoms with Crippen LogP contribution in [-0.4, -0.2) is 36.2 Å². The number of hydrogen-bond acceptors (Lipinski definition) is 6. The predicted molar refractivity (Wildman–Crippen MR) is 155 cm³/mol. The largest absolute Gasteiger partial charge is 0.463 e. The average molecular weight is 559 g/mol. The van der Waals surface area contributed by atoms with Gasteiger partial charge in [-0.05, 0) is 104 Å². The van der Waals surface area contributed by atoms with Gasteiger partial charge < -0.3 is 14.2 Å². The molecule has 11 atom stereocenters. The second-order valence-corrected chi connectivity index (χ2v) is 14.7. The minimum absolute atomic E-state index is 0.0268. The molecule has 6 nitrogen and oxygen atoms in total. The molecule has 0 amide bonds. The Labute approximate surface area is 242 Å². The SMILES string of the molecule is CC(=O)O[C@H]1CC[C@@]2(C)[C@H](C1)[C@@H](OC(C)=O)C=C1[C@@H]2CC[C@]2(C)[C@@H]([C@H](C)C[C@@H](OC(C)=O)[C@H](C)C(C)C)CC[C@@H]12. The molecule has 4 aliphatic rings. The highest BCUT2D eigenvalue weighted by atomic mass is 16.6. The molecule has 0 aromatic carbocycles. The van der Waals surface area contributed by atoms with Gasteiger partial charge in [0.25, 0.3) is 0 Å². The number of esters is 3. The van der Waals surface area contributed by atoms with E-state index in [4.69, 9.17) is 14.2 Å². The van der Waals surface area contributed by atoms with Crippen molar-refractivity contribution in [3.8, 4) is 0 Å². The number of carbonyl (C=O) groups excluding carboxylic acids is 3. The Bertz CT molecular complexity index is 1000. The molecule has 0 N–H and O–H groups in total. The normalized spacial score (nSPS) is 39.1. The summed E-state index contributed by atoms with van der Waals surface area (Å²) in [6.45, 7) is 18.4. The minimum atomic E-state index is -0.272. The first-order valence-electron chi connectivity index (χ1n) is 15.9. The van der Waals surface area contributed by atoms with E-state index in [1.165, 1.54) is 39.2 Å². The maximum atomic E-state index is 12.3. The highest BCUT2D eigenvalue weighted by Crippen LogP contribution is 2.67. The molecular weight excluding hydrogens is 504 g/mol. The molecule has 40 heavy (non-hydrogen) atoms. The van der Waals surface area contributed by atoms with Crippen molar-refractivity contribution in [3.05, 3.63) is 11.6 Å². The maximum absolute atomic E-state index is 12.3. The maximum Gasteiger partial charge on any atom is 0.303 e. The number of hydrogen-bond donors (Lipinski definition) is 0. The lowest BCUT2D eigenvalue weighted by Gasteiger charge is -2.59. The van der Waals surface area contributed by atoms with Crippen molar-refractivity contribution in [3.63, 3.8) is 0 Å². The van der Waals surface area contributed by atoms with E-state index in [0.717, 1.165) is 38.5 Å². The first-order chi connectivity index (χ1) is 18.7. The van der Waals surface area contributed by atoms with Crippen molar-refractivity contribution >= 4 is 17.9 Å². The lowest BCUT2D eigenvalue weighted by molar-refractivity contribution is -0.165. The van der Waals surface area contributed by atoms with Gasteiger partial charge >= 0.3 is 17.9 Å². The summed E-state index contributed by atoms with van der Waals surface area (Å²) in [4.78, 5) is 36.0. The summed E-state index contributed by atoms with van der Waals surface area (Å²) >= 11 is 0. The standard InChI is InChI=1S/C34H54O6/c1-19(2)21(4)31(39-23(6)36)16-20(3)27-10-11-28-26-18-32(40-24(7)37)30-17-25(38-22(5)35)12-14-34(30,9)29(26)13-15-33(27,28)8/h18-21,25,27-32H,10-17H2,1-9H3/t20-,21-,25+,27-,28+,29+,30-,31-,32+,33-,34-/m1/s1. The quantitative estimate of drug-likeness (QED) is 0.177. The van der Waals surface area contributed by atoms with Gasteiger partial charge in [-0.15, -0.1) is 0 Å². The first-order valence-corrected chi connectivity index (χ1v) is 15.9. The van der Waals surface area contributed by atoms with E-state index in [0.29, 0.717) is 35.5 Å². The molecule has 4 aliphatic carbocycles. The third-order valence-corrected chi connectivity index (χ3v) is 12.0. The molecule has 0 aromatic rings. The van der Waals surface area contributed by atoms with E-state index in [-0.39, 0.29) is 53.0 Å². The molecule has 6 heteroatoms. The van der Waals surface area contributed by atoms with Crippen molar-refractivity contribution in [2.45, 2.75) is 132 Å². The Balaban J connectivity index is 1.60. The van der Waals surface area contributed by atoms with Crippen LogP contribution in [0, 0.1) is 52.3 Å². The number of carbonyl (C=O) groups is 3. The average Bonchev–Trinajstić information content (AvgIpc) is 3.20. The van der Waals surface area contributed by atoms with Crippen LogP contribution in [0.1, 0.15) is 114 Å². The van der Waals surface area contributed by atoms with Crippen molar-refractivity contribution in [1.29, 1.82) is 0 Å². The van der Waals surface area contributed by atoms with Crippen LogP contribution in [0.4, 0.5) is 0 Å². The Kier molecular flexibility index (Phi) is 9.17. The lowest BCUT2D eigenvalue weighted by atomic mass is 9.47. The topological polar surface area (TPSA) is 78.9 Å². The third-order valence-electron chi connectivity index (χ3n) is 12.0. The predicted octanol–water partition coefficient (Wildman–Crippen LogP) is 7.29. The van der Waals surface area contributed by atoms with E-state index in [1.54, 1.807) is 0 Å². The molecule has 3 fully saturated rings. The summed E-state index contributed by atoms with van der Waals surface area (Å²) in [7, 11) is 0. The Morgan fingerprint density at radius 2 is 1.48 bits per heavy atom. The zero-order valence-electron chi connectivity index (χ0n) is 26.5. The number of rotatable bonds is 8. The zero-order chi connectivity index (χ0) is 29.6. The molecule has 0 bridgehead atoms.